The first-order valence-electron chi connectivity index (χ1n) is 33.5. The summed E-state index contributed by atoms with van der Waals surface area (Å²) in [6, 6.07) is 36.8. The molecule has 3 aliphatic heterocycles. The van der Waals surface area contributed by atoms with Crippen LogP contribution < -0.4 is 45.5 Å². The summed E-state index contributed by atoms with van der Waals surface area (Å²) in [7, 11) is -4.75. The third-order valence-electron chi connectivity index (χ3n) is 18.1. The summed E-state index contributed by atoms with van der Waals surface area (Å²) in [5.41, 5.74) is 10.1. The van der Waals surface area contributed by atoms with E-state index in [2.05, 4.69) is 115 Å². The van der Waals surface area contributed by atoms with Gasteiger partial charge in [-0.1, -0.05) is 138 Å². The summed E-state index contributed by atoms with van der Waals surface area (Å²) in [4.78, 5) is 41.6. The van der Waals surface area contributed by atoms with Gasteiger partial charge in [0.15, 0.2) is 0 Å². The molecule has 0 radical (unpaired) electrons. The number of amides is 6. The van der Waals surface area contributed by atoms with Crippen LogP contribution in [0.5, 0.6) is 17.2 Å². The van der Waals surface area contributed by atoms with Gasteiger partial charge in [-0.05, 0) is 183 Å². The Morgan fingerprint density at radius 2 is 0.537 bits per heavy atom. The minimum atomic E-state index is -4.75. The molecule has 6 aromatic carbocycles. The van der Waals surface area contributed by atoms with E-state index in [9.17, 15) is 14.4 Å². The van der Waals surface area contributed by atoms with Crippen LogP contribution in [0.15, 0.2) is 127 Å². The van der Waals surface area contributed by atoms with Crippen molar-refractivity contribution in [2.24, 2.45) is 0 Å². The van der Waals surface area contributed by atoms with Gasteiger partial charge in [-0.3, -0.25) is 0 Å². The molecule has 0 spiro atoms. The number of hydrogen-bond acceptors (Lipinski definition) is 13. The number of para-hydroxylation sites is 3. The first kappa shape index (κ1) is 71.8. The molecule has 95 heavy (non-hydrogen) atoms. The van der Waals surface area contributed by atoms with Gasteiger partial charge < -0.3 is 73.9 Å². The molecule has 20 heteroatoms. The van der Waals surface area contributed by atoms with Crippen molar-refractivity contribution in [3.63, 3.8) is 0 Å². The standard InChI is InChI=1S/C75H99N6O13P/c1-43(2)61-22-19-23-62(44(3)4)67(61)79-70(82)76-40-73(86-49(13)50(14)87-73)55-28-34-58(35-29-55)92-95(85,93-59-36-30-56(31-37-59)74(88-51(15)52(16)89-74)41-77-71(83)80-68-63(45(5)6)24-20-25-64(68)46(7)8)94-60-38-32-57(33-39-60)75(90-53(17)54(18)91-75)42-78-72(84)81-69-65(47(9)10)26-21-27-66(69)48(11)12/h19-39,43-54H,40-42H2,1-18H3,(H2,76,79,82)(H2,77,80,83)(H2,78,81,84)/t49-,50-,51-,52-,53-,54-/m1/s1. The highest BCUT2D eigenvalue weighted by molar-refractivity contribution is 7.49. The lowest BCUT2D eigenvalue weighted by Crippen LogP contribution is -2.44. The summed E-state index contributed by atoms with van der Waals surface area (Å²) in [6.07, 6.45) is -2.06. The van der Waals surface area contributed by atoms with Gasteiger partial charge in [0.1, 0.15) is 17.2 Å². The topological polar surface area (TPSA) is 224 Å². The molecule has 6 atom stereocenters. The van der Waals surface area contributed by atoms with Gasteiger partial charge >= 0.3 is 25.9 Å². The summed E-state index contributed by atoms with van der Waals surface area (Å²) in [6.45, 7) is 36.4. The van der Waals surface area contributed by atoms with E-state index in [-0.39, 0.29) is 109 Å². The zero-order valence-corrected chi connectivity index (χ0v) is 59.3. The van der Waals surface area contributed by atoms with Gasteiger partial charge in [-0.2, -0.15) is 4.57 Å². The molecule has 3 fully saturated rings. The van der Waals surface area contributed by atoms with Gasteiger partial charge in [0.05, 0.1) is 56.3 Å². The van der Waals surface area contributed by atoms with Crippen LogP contribution in [-0.4, -0.2) is 74.4 Å². The Labute approximate surface area is 561 Å². The van der Waals surface area contributed by atoms with Crippen LogP contribution in [-0.2, 0) is 50.3 Å². The van der Waals surface area contributed by atoms with Crippen LogP contribution in [0.3, 0.4) is 0 Å². The zero-order chi connectivity index (χ0) is 68.9. The van der Waals surface area contributed by atoms with Crippen LogP contribution in [0, 0.1) is 0 Å². The number of hydrogen-bond donors (Lipinski definition) is 6. The van der Waals surface area contributed by atoms with Crippen LogP contribution in [0.4, 0.5) is 31.4 Å². The Hall–Kier alpha value is -7.48. The first-order chi connectivity index (χ1) is 44.9. The summed E-state index contributed by atoms with van der Waals surface area (Å²) >= 11 is 0. The summed E-state index contributed by atoms with van der Waals surface area (Å²) in [5, 5.41) is 18.4. The lowest BCUT2D eigenvalue weighted by molar-refractivity contribution is -0.177. The van der Waals surface area contributed by atoms with E-state index >= 15 is 4.57 Å². The number of urea groups is 3. The van der Waals surface area contributed by atoms with Gasteiger partial charge in [-0.25, -0.2) is 14.4 Å². The Morgan fingerprint density at radius 3 is 0.716 bits per heavy atom. The SMILES string of the molecule is CC(C)c1cccc(C(C)C)c1NC(=O)NCC1(c2ccc(OP(=O)(Oc3ccc(C4(CNC(=O)Nc5c(C(C)C)cccc5C(C)C)O[C@H](C)[C@@H](C)O4)cc3)Oc3ccc(C4(CNC(=O)Nc5c(C(C)C)cccc5C(C)C)O[C@H](C)[C@@H](C)O4)cc3)cc2)O[C@H](C)[C@@H](C)O1. The second-order valence-corrected chi connectivity index (χ2v) is 28.7. The number of carbonyl (C=O) groups is 3. The van der Waals surface area contributed by atoms with E-state index in [1.807, 2.05) is 96.1 Å². The minimum absolute atomic E-state index is 0.0554. The zero-order valence-electron chi connectivity index (χ0n) is 58.4. The molecule has 0 aliphatic carbocycles. The highest BCUT2D eigenvalue weighted by atomic mass is 31.2. The number of nitrogens with one attached hydrogen (secondary N) is 6. The van der Waals surface area contributed by atoms with Crippen LogP contribution in [0.25, 0.3) is 0 Å². The molecule has 0 aromatic heterocycles. The highest BCUT2D eigenvalue weighted by Crippen LogP contribution is 2.52. The molecule has 3 saturated heterocycles. The predicted molar refractivity (Wildman–Crippen MR) is 372 cm³/mol. The van der Waals surface area contributed by atoms with Crippen LogP contribution >= 0.6 is 7.82 Å². The molecule has 9 rings (SSSR count). The molecule has 3 aliphatic rings. The van der Waals surface area contributed by atoms with Crippen molar-refractivity contribution in [3.8, 4) is 17.2 Å². The van der Waals surface area contributed by atoms with E-state index in [4.69, 9.17) is 42.0 Å². The third kappa shape index (κ3) is 16.5. The fourth-order valence-electron chi connectivity index (χ4n) is 12.3. The fourth-order valence-corrected chi connectivity index (χ4v) is 13.6. The Kier molecular flexibility index (Phi) is 22.6. The molecule has 0 bridgehead atoms. The molecular formula is C75H99N6O13P. The number of anilines is 3. The van der Waals surface area contributed by atoms with E-state index in [0.717, 1.165) is 50.4 Å². The number of rotatable bonds is 24. The molecule has 3 heterocycles. The normalized spacial score (nSPS) is 20.5. The first-order valence-corrected chi connectivity index (χ1v) is 35.0. The molecule has 6 amide bonds. The smallest absolute Gasteiger partial charge is 0.386 e. The fraction of sp³-hybridized carbons (Fsp3) is 0.480. The van der Waals surface area contributed by atoms with Crippen LogP contribution in [0.2, 0.25) is 0 Å². The van der Waals surface area contributed by atoms with Crippen molar-refractivity contribution in [2.45, 2.75) is 214 Å². The maximum Gasteiger partial charge on any atom is 0.647 e. The van der Waals surface area contributed by atoms with Crippen LogP contribution in [0.1, 0.15) is 210 Å². The van der Waals surface area contributed by atoms with Crippen molar-refractivity contribution >= 4 is 43.0 Å². The van der Waals surface area contributed by atoms with Crippen molar-refractivity contribution in [1.82, 2.24) is 16.0 Å². The lowest BCUT2D eigenvalue weighted by atomic mass is 9.93. The molecule has 6 aromatic rings. The average molecular weight is 1320 g/mol. The number of benzene rings is 6. The lowest BCUT2D eigenvalue weighted by Gasteiger charge is -2.30. The number of phosphoric acid groups is 1. The Morgan fingerprint density at radius 1 is 0.347 bits per heavy atom. The molecule has 6 N–H and O–H groups in total. The minimum Gasteiger partial charge on any atom is -0.386 e. The Balaban J connectivity index is 0.990. The number of phosphoric ester groups is 1. The second-order valence-electron chi connectivity index (χ2n) is 27.3. The quantitative estimate of drug-likeness (QED) is 0.0311. The van der Waals surface area contributed by atoms with Crippen molar-refractivity contribution in [3.05, 3.63) is 177 Å². The number of ether oxygens (including phenoxy) is 6. The largest absolute Gasteiger partial charge is 0.647 e. The van der Waals surface area contributed by atoms with E-state index in [1.165, 1.54) is 0 Å². The van der Waals surface area contributed by atoms with E-state index < -0.39 is 43.3 Å². The molecule has 19 nitrogen and oxygen atoms in total. The maximum absolute atomic E-state index is 15.6. The van der Waals surface area contributed by atoms with Crippen molar-refractivity contribution < 1.29 is 60.9 Å². The summed E-state index contributed by atoms with van der Waals surface area (Å²) < 4.78 is 74.0. The highest BCUT2D eigenvalue weighted by Gasteiger charge is 2.49. The average Bonchev–Trinajstić information content (AvgIpc) is 1.72. The van der Waals surface area contributed by atoms with Crippen molar-refractivity contribution in [2.75, 3.05) is 35.6 Å². The molecular weight excluding hydrogens is 1220 g/mol. The predicted octanol–water partition coefficient (Wildman–Crippen LogP) is 17.5. The van der Waals surface area contributed by atoms with Gasteiger partial charge in [0, 0.05) is 33.8 Å². The monoisotopic (exact) mass is 1320 g/mol. The Bertz CT molecular complexity index is 3200. The number of carbonyl (C=O) groups excluding carboxylic acids is 3. The van der Waals surface area contributed by atoms with Gasteiger partial charge in [0.25, 0.3) is 0 Å². The van der Waals surface area contributed by atoms with Crippen molar-refractivity contribution in [1.29, 1.82) is 0 Å². The third-order valence-corrected chi connectivity index (χ3v) is 19.4. The van der Waals surface area contributed by atoms with E-state index in [0.29, 0.717) is 16.7 Å². The molecule has 512 valence electrons. The van der Waals surface area contributed by atoms with Gasteiger partial charge in [-0.15, -0.1) is 0 Å². The second kappa shape index (κ2) is 29.9. The maximum atomic E-state index is 15.6. The molecule has 0 unspecified atom stereocenters. The summed E-state index contributed by atoms with van der Waals surface area (Å²) in [5.74, 6) is -3.00. The molecule has 0 saturated carbocycles. The van der Waals surface area contributed by atoms with E-state index in [1.54, 1.807) is 72.8 Å². The van der Waals surface area contributed by atoms with Gasteiger partial charge in [0.2, 0.25) is 17.4 Å².